The van der Waals surface area contributed by atoms with E-state index in [9.17, 15) is 0 Å². The molecule has 1 N–H and O–H groups in total. The first kappa shape index (κ1) is 12.4. The van der Waals surface area contributed by atoms with Crippen molar-refractivity contribution in [1.82, 2.24) is 5.32 Å². The van der Waals surface area contributed by atoms with Crippen LogP contribution >= 0.6 is 0 Å². The second-order valence-electron chi connectivity index (χ2n) is 5.24. The van der Waals surface area contributed by atoms with E-state index < -0.39 is 0 Å². The molecule has 2 aromatic carbocycles. The smallest absolute Gasteiger partial charge is 0.104 e. The van der Waals surface area contributed by atoms with Gasteiger partial charge in [-0.25, -0.2) is 0 Å². The van der Waals surface area contributed by atoms with Gasteiger partial charge in [-0.3, -0.25) is 0 Å². The van der Waals surface area contributed by atoms with Crippen LogP contribution in [-0.2, 0) is 10.3 Å². The second-order valence-corrected chi connectivity index (χ2v) is 5.24. The van der Waals surface area contributed by atoms with Crippen molar-refractivity contribution in [1.29, 1.82) is 0 Å². The Labute approximate surface area is 114 Å². The van der Waals surface area contributed by atoms with Crippen molar-refractivity contribution in [3.63, 3.8) is 0 Å². The molecule has 2 aromatic rings. The Bertz CT molecular complexity index is 525. The van der Waals surface area contributed by atoms with Crippen molar-refractivity contribution < 1.29 is 4.74 Å². The average Bonchev–Trinajstić information content (AvgIpc) is 2.49. The SMILES string of the molecule is CC1(c2ccccc2)CNCC(c2ccccc2)O1. The van der Waals surface area contributed by atoms with Gasteiger partial charge in [0.05, 0.1) is 6.10 Å². The largest absolute Gasteiger partial charge is 0.360 e. The fourth-order valence-corrected chi connectivity index (χ4v) is 2.65. The monoisotopic (exact) mass is 253 g/mol. The Morgan fingerprint density at radius 1 is 1.00 bits per heavy atom. The van der Waals surface area contributed by atoms with Gasteiger partial charge in [-0.05, 0) is 18.1 Å². The minimum Gasteiger partial charge on any atom is -0.360 e. The van der Waals surface area contributed by atoms with Crippen LogP contribution < -0.4 is 5.32 Å². The van der Waals surface area contributed by atoms with Crippen LogP contribution in [0.4, 0.5) is 0 Å². The second kappa shape index (κ2) is 5.16. The average molecular weight is 253 g/mol. The number of rotatable bonds is 2. The molecule has 1 heterocycles. The molecule has 0 saturated carbocycles. The Kier molecular flexibility index (Phi) is 3.36. The molecule has 0 aliphatic carbocycles. The van der Waals surface area contributed by atoms with E-state index in [4.69, 9.17) is 4.74 Å². The molecule has 1 aliphatic heterocycles. The normalized spacial score (nSPS) is 27.1. The molecule has 2 nitrogen and oxygen atoms in total. The Morgan fingerprint density at radius 2 is 1.63 bits per heavy atom. The molecule has 1 saturated heterocycles. The van der Waals surface area contributed by atoms with Crippen LogP contribution in [0.25, 0.3) is 0 Å². The number of hydrogen-bond acceptors (Lipinski definition) is 2. The molecule has 2 atom stereocenters. The van der Waals surface area contributed by atoms with Crippen LogP contribution in [0.2, 0.25) is 0 Å². The lowest BCUT2D eigenvalue weighted by molar-refractivity contribution is -0.113. The summed E-state index contributed by atoms with van der Waals surface area (Å²) in [5, 5.41) is 3.50. The molecular formula is C17H19NO. The van der Waals surface area contributed by atoms with Crippen LogP contribution in [0, 0.1) is 0 Å². The molecule has 0 bridgehead atoms. The molecule has 19 heavy (non-hydrogen) atoms. The summed E-state index contributed by atoms with van der Waals surface area (Å²) in [7, 11) is 0. The van der Waals surface area contributed by atoms with Crippen molar-refractivity contribution in [3.8, 4) is 0 Å². The summed E-state index contributed by atoms with van der Waals surface area (Å²) in [6, 6.07) is 20.9. The number of nitrogens with one attached hydrogen (secondary N) is 1. The van der Waals surface area contributed by atoms with Crippen LogP contribution in [0.15, 0.2) is 60.7 Å². The summed E-state index contributed by atoms with van der Waals surface area (Å²) in [6.45, 7) is 3.87. The number of benzene rings is 2. The third-order valence-corrected chi connectivity index (χ3v) is 3.75. The van der Waals surface area contributed by atoms with Gasteiger partial charge in [0, 0.05) is 13.1 Å². The molecule has 3 rings (SSSR count). The molecule has 1 aliphatic rings. The maximum atomic E-state index is 6.38. The predicted molar refractivity (Wildman–Crippen MR) is 76.9 cm³/mol. The summed E-state index contributed by atoms with van der Waals surface area (Å²) in [5.74, 6) is 0. The Balaban J connectivity index is 1.86. The van der Waals surface area contributed by atoms with Gasteiger partial charge in [-0.2, -0.15) is 0 Å². The van der Waals surface area contributed by atoms with Gasteiger partial charge in [0.15, 0.2) is 0 Å². The van der Waals surface area contributed by atoms with Gasteiger partial charge in [-0.1, -0.05) is 60.7 Å². The minimum atomic E-state index is -0.264. The van der Waals surface area contributed by atoms with E-state index in [0.29, 0.717) is 0 Å². The van der Waals surface area contributed by atoms with E-state index in [1.165, 1.54) is 11.1 Å². The maximum absolute atomic E-state index is 6.38. The summed E-state index contributed by atoms with van der Waals surface area (Å²) in [4.78, 5) is 0. The van der Waals surface area contributed by atoms with E-state index in [0.717, 1.165) is 13.1 Å². The van der Waals surface area contributed by atoms with Crippen LogP contribution in [0.5, 0.6) is 0 Å². The predicted octanol–water partition coefficient (Wildman–Crippen LogP) is 3.26. The molecule has 0 amide bonds. The van der Waals surface area contributed by atoms with Gasteiger partial charge < -0.3 is 10.1 Å². The first-order valence-corrected chi connectivity index (χ1v) is 6.77. The summed E-state index contributed by atoms with van der Waals surface area (Å²) in [5.41, 5.74) is 2.19. The zero-order valence-corrected chi connectivity index (χ0v) is 11.2. The van der Waals surface area contributed by atoms with Crippen molar-refractivity contribution in [3.05, 3.63) is 71.8 Å². The lowest BCUT2D eigenvalue weighted by Gasteiger charge is -2.40. The highest BCUT2D eigenvalue weighted by Crippen LogP contribution is 2.34. The highest BCUT2D eigenvalue weighted by atomic mass is 16.5. The van der Waals surface area contributed by atoms with E-state index in [-0.39, 0.29) is 11.7 Å². The van der Waals surface area contributed by atoms with Crippen LogP contribution in [-0.4, -0.2) is 13.1 Å². The molecule has 2 heteroatoms. The summed E-state index contributed by atoms with van der Waals surface area (Å²) in [6.07, 6.45) is 0.111. The minimum absolute atomic E-state index is 0.111. The van der Waals surface area contributed by atoms with Gasteiger partial charge >= 0.3 is 0 Å². The summed E-state index contributed by atoms with van der Waals surface area (Å²) < 4.78 is 6.38. The quantitative estimate of drug-likeness (QED) is 0.887. The number of ether oxygens (including phenoxy) is 1. The molecule has 2 unspecified atom stereocenters. The van der Waals surface area contributed by atoms with E-state index in [1.807, 2.05) is 12.1 Å². The molecule has 0 aromatic heterocycles. The lowest BCUT2D eigenvalue weighted by atomic mass is 9.93. The van der Waals surface area contributed by atoms with Crippen molar-refractivity contribution in [2.45, 2.75) is 18.6 Å². The fraction of sp³-hybridized carbons (Fsp3) is 0.294. The number of morpholine rings is 1. The van der Waals surface area contributed by atoms with Crippen LogP contribution in [0.1, 0.15) is 24.2 Å². The molecule has 0 radical (unpaired) electrons. The Hall–Kier alpha value is -1.64. The van der Waals surface area contributed by atoms with Gasteiger partial charge in [-0.15, -0.1) is 0 Å². The zero-order valence-electron chi connectivity index (χ0n) is 11.2. The maximum Gasteiger partial charge on any atom is 0.104 e. The van der Waals surface area contributed by atoms with E-state index in [1.54, 1.807) is 0 Å². The molecular weight excluding hydrogens is 234 g/mol. The van der Waals surface area contributed by atoms with Gasteiger partial charge in [0.2, 0.25) is 0 Å². The fourth-order valence-electron chi connectivity index (χ4n) is 2.65. The highest BCUT2D eigenvalue weighted by molar-refractivity contribution is 5.25. The molecule has 0 spiro atoms. The first-order valence-electron chi connectivity index (χ1n) is 6.77. The van der Waals surface area contributed by atoms with Crippen molar-refractivity contribution in [2.24, 2.45) is 0 Å². The standard InChI is InChI=1S/C17H19NO/c1-17(15-10-6-3-7-11-15)13-18-12-16(19-17)14-8-4-2-5-9-14/h2-11,16,18H,12-13H2,1H3. The third-order valence-electron chi connectivity index (χ3n) is 3.75. The van der Waals surface area contributed by atoms with E-state index >= 15 is 0 Å². The third kappa shape index (κ3) is 2.55. The lowest BCUT2D eigenvalue weighted by Crippen LogP contribution is -2.46. The first-order chi connectivity index (χ1) is 9.28. The van der Waals surface area contributed by atoms with Crippen LogP contribution in [0.3, 0.4) is 0 Å². The topological polar surface area (TPSA) is 21.3 Å². The number of hydrogen-bond donors (Lipinski definition) is 1. The molecule has 1 fully saturated rings. The zero-order chi connectivity index (χ0) is 13.1. The molecule has 98 valence electrons. The van der Waals surface area contributed by atoms with Crippen molar-refractivity contribution >= 4 is 0 Å². The summed E-state index contributed by atoms with van der Waals surface area (Å²) >= 11 is 0. The van der Waals surface area contributed by atoms with Gasteiger partial charge in [0.1, 0.15) is 5.60 Å². The van der Waals surface area contributed by atoms with Crippen molar-refractivity contribution in [2.75, 3.05) is 13.1 Å². The van der Waals surface area contributed by atoms with E-state index in [2.05, 4.69) is 60.8 Å². The van der Waals surface area contributed by atoms with Gasteiger partial charge in [0.25, 0.3) is 0 Å². The Morgan fingerprint density at radius 3 is 2.32 bits per heavy atom. The highest BCUT2D eigenvalue weighted by Gasteiger charge is 2.34.